The highest BCUT2D eigenvalue weighted by atomic mass is 16.5. The third-order valence-corrected chi connectivity index (χ3v) is 2.61. The number of morpholine rings is 1. The minimum Gasteiger partial charge on any atom is -0.465 e. The fourth-order valence-corrected chi connectivity index (χ4v) is 1.68. The molecular weight excluding hydrogens is 250 g/mol. The van der Waals surface area contributed by atoms with E-state index in [1.54, 1.807) is 6.92 Å². The lowest BCUT2D eigenvalue weighted by Gasteiger charge is -2.25. The van der Waals surface area contributed by atoms with Gasteiger partial charge in [0, 0.05) is 19.3 Å². The average molecular weight is 269 g/mol. The van der Waals surface area contributed by atoms with E-state index in [0.717, 1.165) is 18.7 Å². The standard InChI is InChI=1S/C13H19NO5/c1-10(9-14-4-6-19-7-5-14)8-11(12(15)17-2)13(16)18-3/h8-9H,4-7H2,1-3H3. The summed E-state index contributed by atoms with van der Waals surface area (Å²) in [5.41, 5.74) is 0.653. The second-order valence-corrected chi connectivity index (χ2v) is 4.06. The van der Waals surface area contributed by atoms with Gasteiger partial charge in [0.25, 0.3) is 0 Å². The van der Waals surface area contributed by atoms with Crippen LogP contribution in [0.1, 0.15) is 6.92 Å². The molecule has 0 amide bonds. The topological polar surface area (TPSA) is 65.1 Å². The van der Waals surface area contributed by atoms with E-state index in [-0.39, 0.29) is 5.57 Å². The van der Waals surface area contributed by atoms with Crippen LogP contribution >= 0.6 is 0 Å². The fraction of sp³-hybridized carbons (Fsp3) is 0.538. The maximum atomic E-state index is 11.5. The van der Waals surface area contributed by atoms with Gasteiger partial charge in [0.15, 0.2) is 0 Å². The third kappa shape index (κ3) is 4.75. The molecule has 1 aliphatic heterocycles. The number of methoxy groups -OCH3 is 2. The summed E-state index contributed by atoms with van der Waals surface area (Å²) in [7, 11) is 2.44. The molecule has 0 radical (unpaired) electrons. The van der Waals surface area contributed by atoms with Gasteiger partial charge in [-0.05, 0) is 18.6 Å². The Morgan fingerprint density at radius 2 is 1.63 bits per heavy atom. The summed E-state index contributed by atoms with van der Waals surface area (Å²) >= 11 is 0. The highest BCUT2D eigenvalue weighted by molar-refractivity contribution is 6.14. The summed E-state index contributed by atoms with van der Waals surface area (Å²) in [6, 6.07) is 0. The number of ether oxygens (including phenoxy) is 3. The van der Waals surface area contributed by atoms with Crippen molar-refractivity contribution in [2.75, 3.05) is 40.5 Å². The number of carbonyl (C=O) groups is 2. The van der Waals surface area contributed by atoms with Crippen LogP contribution in [0.4, 0.5) is 0 Å². The largest absolute Gasteiger partial charge is 0.465 e. The highest BCUT2D eigenvalue weighted by Crippen LogP contribution is 2.09. The van der Waals surface area contributed by atoms with Crippen molar-refractivity contribution >= 4 is 11.9 Å². The Labute approximate surface area is 112 Å². The van der Waals surface area contributed by atoms with Gasteiger partial charge < -0.3 is 19.1 Å². The average Bonchev–Trinajstić information content (AvgIpc) is 2.44. The van der Waals surface area contributed by atoms with Gasteiger partial charge in [-0.3, -0.25) is 0 Å². The Morgan fingerprint density at radius 3 is 2.11 bits per heavy atom. The SMILES string of the molecule is COC(=O)C(=CC(C)=CN1CCOCC1)C(=O)OC. The van der Waals surface area contributed by atoms with Crippen molar-refractivity contribution in [3.8, 4) is 0 Å². The van der Waals surface area contributed by atoms with E-state index in [1.165, 1.54) is 20.3 Å². The van der Waals surface area contributed by atoms with E-state index < -0.39 is 11.9 Å². The molecule has 1 aliphatic rings. The molecule has 106 valence electrons. The zero-order chi connectivity index (χ0) is 14.3. The number of hydrogen-bond acceptors (Lipinski definition) is 6. The van der Waals surface area contributed by atoms with Crippen LogP contribution in [0.5, 0.6) is 0 Å². The van der Waals surface area contributed by atoms with Crippen molar-refractivity contribution in [1.82, 2.24) is 4.90 Å². The van der Waals surface area contributed by atoms with Gasteiger partial charge in [-0.1, -0.05) is 0 Å². The Balaban J connectivity index is 2.84. The normalized spacial score (nSPS) is 15.7. The van der Waals surface area contributed by atoms with Crippen LogP contribution in [0, 0.1) is 0 Å². The predicted octanol–water partition coefficient (Wildman–Crippen LogP) is 0.495. The predicted molar refractivity (Wildman–Crippen MR) is 68.3 cm³/mol. The van der Waals surface area contributed by atoms with Crippen LogP contribution in [-0.2, 0) is 23.8 Å². The van der Waals surface area contributed by atoms with Crippen LogP contribution in [0.15, 0.2) is 23.4 Å². The molecule has 1 heterocycles. The lowest BCUT2D eigenvalue weighted by molar-refractivity contribution is -0.144. The van der Waals surface area contributed by atoms with Crippen LogP contribution in [0.2, 0.25) is 0 Å². The van der Waals surface area contributed by atoms with Crippen LogP contribution in [-0.4, -0.2) is 57.4 Å². The molecule has 0 aromatic heterocycles. The van der Waals surface area contributed by atoms with Crippen molar-refractivity contribution < 1.29 is 23.8 Å². The molecule has 0 atom stereocenters. The zero-order valence-corrected chi connectivity index (χ0v) is 11.5. The quantitative estimate of drug-likeness (QED) is 0.243. The van der Waals surface area contributed by atoms with E-state index in [9.17, 15) is 9.59 Å². The molecule has 1 fully saturated rings. The molecule has 0 aromatic carbocycles. The summed E-state index contributed by atoms with van der Waals surface area (Å²) in [6.07, 6.45) is 3.35. The van der Waals surface area contributed by atoms with Crippen LogP contribution < -0.4 is 0 Å². The van der Waals surface area contributed by atoms with Crippen molar-refractivity contribution in [2.45, 2.75) is 6.92 Å². The summed E-state index contributed by atoms with van der Waals surface area (Å²) < 4.78 is 14.4. The van der Waals surface area contributed by atoms with Gasteiger partial charge in [-0.2, -0.15) is 0 Å². The smallest absolute Gasteiger partial charge is 0.345 e. The van der Waals surface area contributed by atoms with E-state index in [4.69, 9.17) is 4.74 Å². The molecule has 0 aliphatic carbocycles. The lowest BCUT2D eigenvalue weighted by Crippen LogP contribution is -2.32. The fourth-order valence-electron chi connectivity index (χ4n) is 1.68. The minimum atomic E-state index is -0.707. The van der Waals surface area contributed by atoms with Gasteiger partial charge in [-0.15, -0.1) is 0 Å². The molecule has 6 nitrogen and oxygen atoms in total. The van der Waals surface area contributed by atoms with Gasteiger partial charge in [0.2, 0.25) is 0 Å². The van der Waals surface area contributed by atoms with Crippen molar-refractivity contribution in [1.29, 1.82) is 0 Å². The zero-order valence-electron chi connectivity index (χ0n) is 11.5. The molecule has 0 saturated carbocycles. The van der Waals surface area contributed by atoms with Gasteiger partial charge in [0.05, 0.1) is 27.4 Å². The monoisotopic (exact) mass is 269 g/mol. The number of carbonyl (C=O) groups excluding carboxylic acids is 2. The van der Waals surface area contributed by atoms with E-state index in [2.05, 4.69) is 14.4 Å². The Morgan fingerprint density at radius 1 is 1.11 bits per heavy atom. The second-order valence-electron chi connectivity index (χ2n) is 4.06. The molecule has 0 spiro atoms. The maximum Gasteiger partial charge on any atom is 0.345 e. The van der Waals surface area contributed by atoms with Crippen molar-refractivity contribution in [2.24, 2.45) is 0 Å². The molecule has 19 heavy (non-hydrogen) atoms. The van der Waals surface area contributed by atoms with E-state index in [1.807, 2.05) is 6.20 Å². The lowest BCUT2D eigenvalue weighted by atomic mass is 10.2. The molecule has 1 saturated heterocycles. The summed E-state index contributed by atoms with van der Waals surface area (Å²) in [5, 5.41) is 0. The summed E-state index contributed by atoms with van der Waals surface area (Å²) in [4.78, 5) is 25.0. The van der Waals surface area contributed by atoms with Gasteiger partial charge >= 0.3 is 11.9 Å². The van der Waals surface area contributed by atoms with Crippen molar-refractivity contribution in [3.05, 3.63) is 23.4 Å². The molecule has 6 heteroatoms. The highest BCUT2D eigenvalue weighted by Gasteiger charge is 2.19. The summed E-state index contributed by atoms with van der Waals surface area (Å²) in [5.74, 6) is -1.41. The van der Waals surface area contributed by atoms with Crippen molar-refractivity contribution in [3.63, 3.8) is 0 Å². The first-order valence-electron chi connectivity index (χ1n) is 5.97. The van der Waals surface area contributed by atoms with Crippen LogP contribution in [0.25, 0.3) is 0 Å². The first-order chi connectivity index (χ1) is 9.08. The second kappa shape index (κ2) is 7.58. The number of nitrogens with zero attached hydrogens (tertiary/aromatic N) is 1. The number of esters is 2. The Bertz CT molecular complexity index is 376. The first kappa shape index (κ1) is 15.2. The first-order valence-corrected chi connectivity index (χ1v) is 5.97. The van der Waals surface area contributed by atoms with Gasteiger partial charge in [0.1, 0.15) is 5.57 Å². The third-order valence-electron chi connectivity index (χ3n) is 2.61. The molecular formula is C13H19NO5. The maximum absolute atomic E-state index is 11.5. The molecule has 0 N–H and O–H groups in total. The molecule has 0 unspecified atom stereocenters. The minimum absolute atomic E-state index is 0.119. The Kier molecular flexibility index (Phi) is 6.08. The molecule has 0 bridgehead atoms. The van der Waals surface area contributed by atoms with E-state index in [0.29, 0.717) is 13.2 Å². The molecule has 0 aromatic rings. The summed E-state index contributed by atoms with van der Waals surface area (Å²) in [6.45, 7) is 4.73. The number of allylic oxidation sites excluding steroid dienone is 2. The Hall–Kier alpha value is -1.82. The van der Waals surface area contributed by atoms with E-state index >= 15 is 0 Å². The molecule has 1 rings (SSSR count). The number of hydrogen-bond donors (Lipinski definition) is 0. The number of rotatable bonds is 4. The van der Waals surface area contributed by atoms with Gasteiger partial charge in [-0.25, -0.2) is 9.59 Å². The van der Waals surface area contributed by atoms with Crippen LogP contribution in [0.3, 0.4) is 0 Å².